The molecule has 144 valence electrons. The Labute approximate surface area is 172 Å². The summed E-state index contributed by atoms with van der Waals surface area (Å²) in [5.41, 5.74) is 4.44. The van der Waals surface area contributed by atoms with E-state index in [9.17, 15) is 4.79 Å². The fourth-order valence-electron chi connectivity index (χ4n) is 3.36. The Hall–Kier alpha value is -3.32. The van der Waals surface area contributed by atoms with E-state index in [1.807, 2.05) is 59.3 Å². The molecule has 0 radical (unpaired) electrons. The zero-order valence-corrected chi connectivity index (χ0v) is 16.5. The first-order valence-electron chi connectivity index (χ1n) is 9.41. The van der Waals surface area contributed by atoms with Gasteiger partial charge in [-0.3, -0.25) is 4.79 Å². The Balaban J connectivity index is 1.29. The quantitative estimate of drug-likeness (QED) is 0.546. The zero-order valence-electron chi connectivity index (χ0n) is 15.7. The highest BCUT2D eigenvalue weighted by molar-refractivity contribution is 7.99. The topological polar surface area (TPSA) is 64.7 Å². The minimum absolute atomic E-state index is 0.126. The smallest absolute Gasteiger partial charge is 0.255 e. The van der Waals surface area contributed by atoms with Crippen molar-refractivity contribution in [3.05, 3.63) is 84.6 Å². The summed E-state index contributed by atoms with van der Waals surface area (Å²) in [5.74, 6) is 0.957. The molecular weight excluding hydrogens is 382 g/mol. The molecule has 3 heterocycles. The average molecular weight is 401 g/mol. The van der Waals surface area contributed by atoms with E-state index >= 15 is 0 Å². The van der Waals surface area contributed by atoms with Crippen molar-refractivity contribution < 1.29 is 4.79 Å². The molecule has 6 nitrogen and oxygen atoms in total. The number of aryl methyl sites for hydroxylation is 1. The summed E-state index contributed by atoms with van der Waals surface area (Å²) < 4.78 is 4.17. The summed E-state index contributed by atoms with van der Waals surface area (Å²) in [6.07, 6.45) is 7.53. The highest BCUT2D eigenvalue weighted by Gasteiger charge is 2.15. The van der Waals surface area contributed by atoms with Crippen molar-refractivity contribution >= 4 is 23.4 Å². The standard InChI is InChI=1S/C22H19N5OS/c28-21(17-6-4-16(5-7-17)13-26-9-8-23-15-26)24-19-3-1-2-18(12-19)20-14-27-10-11-29-22(27)25-20/h1-9,12,14-15H,10-11,13H2,(H,24,28). The number of carbonyl (C=O) groups is 1. The highest BCUT2D eigenvalue weighted by atomic mass is 32.2. The average Bonchev–Trinajstić information content (AvgIpc) is 3.46. The van der Waals surface area contributed by atoms with Crippen molar-refractivity contribution in [2.45, 2.75) is 18.2 Å². The molecule has 4 aromatic rings. The number of aromatic nitrogens is 4. The predicted molar refractivity (Wildman–Crippen MR) is 114 cm³/mol. The lowest BCUT2D eigenvalue weighted by Crippen LogP contribution is -2.12. The lowest BCUT2D eigenvalue weighted by atomic mass is 10.1. The number of rotatable bonds is 5. The fraction of sp³-hybridized carbons (Fsp3) is 0.136. The molecule has 0 fully saturated rings. The van der Waals surface area contributed by atoms with Gasteiger partial charge < -0.3 is 14.5 Å². The normalized spacial score (nSPS) is 12.7. The Bertz CT molecular complexity index is 1130. The van der Waals surface area contributed by atoms with Crippen LogP contribution in [0.4, 0.5) is 5.69 Å². The third kappa shape index (κ3) is 3.82. The van der Waals surface area contributed by atoms with Crippen LogP contribution in [0.15, 0.2) is 78.6 Å². The molecule has 0 spiro atoms. The summed E-state index contributed by atoms with van der Waals surface area (Å²) >= 11 is 1.77. The van der Waals surface area contributed by atoms with Crippen molar-refractivity contribution in [1.82, 2.24) is 19.1 Å². The van der Waals surface area contributed by atoms with Crippen molar-refractivity contribution in [3.63, 3.8) is 0 Å². The van der Waals surface area contributed by atoms with Gasteiger partial charge in [0.05, 0.1) is 12.0 Å². The number of nitrogens with one attached hydrogen (secondary N) is 1. The van der Waals surface area contributed by atoms with E-state index in [-0.39, 0.29) is 5.91 Å². The predicted octanol–water partition coefficient (Wildman–Crippen LogP) is 4.15. The molecule has 2 aromatic carbocycles. The second-order valence-electron chi connectivity index (χ2n) is 6.92. The van der Waals surface area contributed by atoms with Crippen LogP contribution >= 0.6 is 11.8 Å². The Morgan fingerprint density at radius 3 is 2.86 bits per heavy atom. The number of thioether (sulfide) groups is 1. The third-order valence-electron chi connectivity index (χ3n) is 4.86. The van der Waals surface area contributed by atoms with Crippen molar-refractivity contribution in [1.29, 1.82) is 0 Å². The minimum Gasteiger partial charge on any atom is -0.333 e. The first kappa shape index (κ1) is 17.8. The number of benzene rings is 2. The van der Waals surface area contributed by atoms with Crippen molar-refractivity contribution in [2.24, 2.45) is 0 Å². The van der Waals surface area contributed by atoms with E-state index in [2.05, 4.69) is 26.0 Å². The van der Waals surface area contributed by atoms with Gasteiger partial charge in [0.1, 0.15) is 0 Å². The van der Waals surface area contributed by atoms with Crippen LogP contribution < -0.4 is 5.32 Å². The molecule has 2 aromatic heterocycles. The second kappa shape index (κ2) is 7.60. The minimum atomic E-state index is -0.126. The molecule has 0 bridgehead atoms. The maximum absolute atomic E-state index is 12.7. The second-order valence-corrected chi connectivity index (χ2v) is 7.98. The maximum atomic E-state index is 12.7. The van der Waals surface area contributed by atoms with Crippen LogP contribution in [-0.2, 0) is 13.1 Å². The first-order valence-corrected chi connectivity index (χ1v) is 10.4. The number of fused-ring (bicyclic) bond motifs is 1. The Kier molecular flexibility index (Phi) is 4.65. The van der Waals surface area contributed by atoms with Crippen LogP contribution in [0.5, 0.6) is 0 Å². The molecule has 0 aliphatic carbocycles. The molecule has 0 saturated carbocycles. The molecule has 0 atom stereocenters. The van der Waals surface area contributed by atoms with E-state index in [1.54, 1.807) is 24.3 Å². The number of imidazole rings is 2. The van der Waals surface area contributed by atoms with Gasteiger partial charge in [0, 0.05) is 54.2 Å². The van der Waals surface area contributed by atoms with Gasteiger partial charge in [-0.15, -0.1) is 0 Å². The number of amides is 1. The zero-order chi connectivity index (χ0) is 19.6. The molecule has 1 N–H and O–H groups in total. The van der Waals surface area contributed by atoms with Gasteiger partial charge in [-0.25, -0.2) is 9.97 Å². The van der Waals surface area contributed by atoms with Crippen LogP contribution in [0.2, 0.25) is 0 Å². The molecule has 1 aliphatic heterocycles. The molecular formula is C22H19N5OS. The van der Waals surface area contributed by atoms with Gasteiger partial charge in [-0.1, -0.05) is 36.0 Å². The number of anilines is 1. The van der Waals surface area contributed by atoms with E-state index in [4.69, 9.17) is 0 Å². The van der Waals surface area contributed by atoms with Crippen molar-refractivity contribution in [2.75, 3.05) is 11.1 Å². The van der Waals surface area contributed by atoms with Gasteiger partial charge in [0.15, 0.2) is 5.16 Å². The largest absolute Gasteiger partial charge is 0.333 e. The number of hydrogen-bond acceptors (Lipinski definition) is 4. The van der Waals surface area contributed by atoms with Crippen LogP contribution in [0.3, 0.4) is 0 Å². The maximum Gasteiger partial charge on any atom is 0.255 e. The third-order valence-corrected chi connectivity index (χ3v) is 5.83. The molecule has 7 heteroatoms. The summed E-state index contributed by atoms with van der Waals surface area (Å²) in [6.45, 7) is 1.73. The lowest BCUT2D eigenvalue weighted by molar-refractivity contribution is 0.102. The SMILES string of the molecule is O=C(Nc1cccc(-c2cn3c(n2)SCC3)c1)c1ccc(Cn2ccnc2)cc1. The summed E-state index contributed by atoms with van der Waals surface area (Å²) in [7, 11) is 0. The molecule has 1 amide bonds. The lowest BCUT2D eigenvalue weighted by Gasteiger charge is -2.08. The number of hydrogen-bond donors (Lipinski definition) is 1. The molecule has 0 saturated heterocycles. The summed E-state index contributed by atoms with van der Waals surface area (Å²) in [6, 6.07) is 15.5. The van der Waals surface area contributed by atoms with Gasteiger partial charge >= 0.3 is 0 Å². The Morgan fingerprint density at radius 2 is 2.07 bits per heavy atom. The summed E-state index contributed by atoms with van der Waals surface area (Å²) in [5, 5.41) is 4.05. The van der Waals surface area contributed by atoms with E-state index in [0.29, 0.717) is 5.56 Å². The van der Waals surface area contributed by atoms with Crippen LogP contribution in [-0.4, -0.2) is 30.8 Å². The van der Waals surface area contributed by atoms with Crippen LogP contribution in [0.1, 0.15) is 15.9 Å². The number of carbonyl (C=O) groups excluding carboxylic acids is 1. The van der Waals surface area contributed by atoms with Gasteiger partial charge in [-0.05, 0) is 29.8 Å². The first-order chi connectivity index (χ1) is 14.2. The van der Waals surface area contributed by atoms with Crippen LogP contribution in [0.25, 0.3) is 11.3 Å². The molecule has 29 heavy (non-hydrogen) atoms. The highest BCUT2D eigenvalue weighted by Crippen LogP contribution is 2.30. The Morgan fingerprint density at radius 1 is 1.17 bits per heavy atom. The fourth-order valence-corrected chi connectivity index (χ4v) is 4.30. The van der Waals surface area contributed by atoms with E-state index in [1.165, 1.54) is 0 Å². The van der Waals surface area contributed by atoms with Gasteiger partial charge in [-0.2, -0.15) is 0 Å². The van der Waals surface area contributed by atoms with E-state index in [0.717, 1.165) is 46.5 Å². The summed E-state index contributed by atoms with van der Waals surface area (Å²) in [4.78, 5) is 21.4. The number of nitrogens with zero attached hydrogens (tertiary/aromatic N) is 4. The molecule has 0 unspecified atom stereocenters. The van der Waals surface area contributed by atoms with Gasteiger partial charge in [0.2, 0.25) is 0 Å². The van der Waals surface area contributed by atoms with E-state index < -0.39 is 0 Å². The monoisotopic (exact) mass is 401 g/mol. The molecule has 1 aliphatic rings. The van der Waals surface area contributed by atoms with Gasteiger partial charge in [0.25, 0.3) is 5.91 Å². The molecule has 5 rings (SSSR count). The van der Waals surface area contributed by atoms with Crippen molar-refractivity contribution in [3.8, 4) is 11.3 Å². The van der Waals surface area contributed by atoms with Crippen LogP contribution in [0, 0.1) is 0 Å².